The Balaban J connectivity index is 1.57. The van der Waals surface area contributed by atoms with E-state index < -0.39 is 0 Å². The van der Waals surface area contributed by atoms with Crippen LogP contribution in [-0.2, 0) is 6.54 Å². The molecule has 2 aromatic heterocycles. The Hall–Kier alpha value is -1.62. The van der Waals surface area contributed by atoms with E-state index in [0.717, 1.165) is 31.4 Å². The van der Waals surface area contributed by atoms with Gasteiger partial charge in [0.1, 0.15) is 5.82 Å². The standard InChI is InChI=1S/C12H14ClN5/c1-9-14-2-3-17(9)6-10-7-18(8-10)12-15-4-11(13)5-16-12/h2-5,10H,6-8H2,1H3. The Morgan fingerprint density at radius 3 is 2.61 bits per heavy atom. The molecular weight excluding hydrogens is 250 g/mol. The minimum absolute atomic E-state index is 0.574. The van der Waals surface area contributed by atoms with Gasteiger partial charge in [0.25, 0.3) is 0 Å². The van der Waals surface area contributed by atoms with E-state index in [2.05, 4.69) is 24.4 Å². The highest BCUT2D eigenvalue weighted by molar-refractivity contribution is 6.30. The number of rotatable bonds is 3. The second kappa shape index (κ2) is 4.57. The fourth-order valence-electron chi connectivity index (χ4n) is 2.19. The predicted molar refractivity (Wildman–Crippen MR) is 69.7 cm³/mol. The zero-order valence-electron chi connectivity index (χ0n) is 10.1. The molecule has 1 saturated heterocycles. The summed E-state index contributed by atoms with van der Waals surface area (Å²) in [6, 6.07) is 0. The van der Waals surface area contributed by atoms with Crippen LogP contribution in [0.25, 0.3) is 0 Å². The van der Waals surface area contributed by atoms with Crippen LogP contribution in [0.3, 0.4) is 0 Å². The Morgan fingerprint density at radius 1 is 1.28 bits per heavy atom. The zero-order chi connectivity index (χ0) is 12.5. The summed E-state index contributed by atoms with van der Waals surface area (Å²) in [5.41, 5.74) is 0. The summed E-state index contributed by atoms with van der Waals surface area (Å²) in [4.78, 5) is 14.8. The van der Waals surface area contributed by atoms with E-state index in [-0.39, 0.29) is 0 Å². The highest BCUT2D eigenvalue weighted by Gasteiger charge is 2.28. The number of hydrogen-bond donors (Lipinski definition) is 0. The van der Waals surface area contributed by atoms with Crippen LogP contribution in [0.5, 0.6) is 0 Å². The summed E-state index contributed by atoms with van der Waals surface area (Å²) >= 11 is 5.76. The second-order valence-corrected chi connectivity index (χ2v) is 5.04. The Labute approximate surface area is 110 Å². The molecule has 18 heavy (non-hydrogen) atoms. The first kappa shape index (κ1) is 11.5. The van der Waals surface area contributed by atoms with E-state index in [9.17, 15) is 0 Å². The molecule has 0 amide bonds. The van der Waals surface area contributed by atoms with Crippen LogP contribution in [0, 0.1) is 12.8 Å². The average Bonchev–Trinajstić information content (AvgIpc) is 2.71. The Morgan fingerprint density at radius 2 is 2.00 bits per heavy atom. The van der Waals surface area contributed by atoms with Gasteiger partial charge in [-0.2, -0.15) is 0 Å². The van der Waals surface area contributed by atoms with Crippen molar-refractivity contribution in [3.63, 3.8) is 0 Å². The van der Waals surface area contributed by atoms with E-state index in [1.54, 1.807) is 12.4 Å². The number of anilines is 1. The largest absolute Gasteiger partial charge is 0.340 e. The quantitative estimate of drug-likeness (QED) is 0.847. The molecule has 0 N–H and O–H groups in total. The normalized spacial score (nSPS) is 15.8. The zero-order valence-corrected chi connectivity index (χ0v) is 10.9. The van der Waals surface area contributed by atoms with Crippen LogP contribution < -0.4 is 4.90 Å². The number of halogens is 1. The molecule has 0 bridgehead atoms. The lowest BCUT2D eigenvalue weighted by Crippen LogP contribution is -2.49. The monoisotopic (exact) mass is 263 g/mol. The first-order valence-corrected chi connectivity index (χ1v) is 6.30. The van der Waals surface area contributed by atoms with Crippen LogP contribution in [0.4, 0.5) is 5.95 Å². The number of nitrogens with zero attached hydrogens (tertiary/aromatic N) is 5. The van der Waals surface area contributed by atoms with Crippen molar-refractivity contribution in [3.8, 4) is 0 Å². The van der Waals surface area contributed by atoms with Gasteiger partial charge in [-0.3, -0.25) is 0 Å². The van der Waals surface area contributed by atoms with Gasteiger partial charge in [-0.15, -0.1) is 0 Å². The minimum Gasteiger partial charge on any atom is -0.340 e. The number of imidazole rings is 1. The van der Waals surface area contributed by atoms with Gasteiger partial charge in [-0.25, -0.2) is 15.0 Å². The van der Waals surface area contributed by atoms with Gasteiger partial charge in [0, 0.05) is 37.9 Å². The molecule has 0 unspecified atom stereocenters. The summed E-state index contributed by atoms with van der Waals surface area (Å²) < 4.78 is 2.19. The molecule has 0 spiro atoms. The van der Waals surface area contributed by atoms with Gasteiger partial charge < -0.3 is 9.47 Å². The van der Waals surface area contributed by atoms with Crippen LogP contribution >= 0.6 is 11.6 Å². The van der Waals surface area contributed by atoms with E-state index in [0.29, 0.717) is 10.9 Å². The molecule has 1 aliphatic heterocycles. The highest BCUT2D eigenvalue weighted by atomic mass is 35.5. The van der Waals surface area contributed by atoms with Crippen molar-refractivity contribution in [1.82, 2.24) is 19.5 Å². The lowest BCUT2D eigenvalue weighted by molar-refractivity contribution is 0.350. The molecule has 0 radical (unpaired) electrons. The van der Waals surface area contributed by atoms with Crippen molar-refractivity contribution >= 4 is 17.5 Å². The van der Waals surface area contributed by atoms with E-state index in [1.807, 2.05) is 19.3 Å². The lowest BCUT2D eigenvalue weighted by atomic mass is 10.0. The average molecular weight is 264 g/mol. The molecule has 6 heteroatoms. The van der Waals surface area contributed by atoms with Gasteiger partial charge in [-0.05, 0) is 6.92 Å². The molecule has 3 rings (SSSR count). The van der Waals surface area contributed by atoms with Crippen LogP contribution in [0.2, 0.25) is 5.02 Å². The summed E-state index contributed by atoms with van der Waals surface area (Å²) in [6.45, 7) is 5.01. The van der Waals surface area contributed by atoms with Gasteiger partial charge in [-0.1, -0.05) is 11.6 Å². The Kier molecular flexibility index (Phi) is 2.91. The van der Waals surface area contributed by atoms with Crippen LogP contribution in [-0.4, -0.2) is 32.6 Å². The molecule has 3 heterocycles. The predicted octanol–water partition coefficient (Wildman–Crippen LogP) is 1.77. The topological polar surface area (TPSA) is 46.8 Å². The SMILES string of the molecule is Cc1nccn1CC1CN(c2ncc(Cl)cn2)C1. The fourth-order valence-corrected chi connectivity index (χ4v) is 2.29. The third-order valence-corrected chi connectivity index (χ3v) is 3.42. The first-order valence-electron chi connectivity index (χ1n) is 5.92. The van der Waals surface area contributed by atoms with Crippen molar-refractivity contribution < 1.29 is 0 Å². The summed E-state index contributed by atoms with van der Waals surface area (Å²) in [5, 5.41) is 0.574. The number of aromatic nitrogens is 4. The van der Waals surface area contributed by atoms with Crippen molar-refractivity contribution in [1.29, 1.82) is 0 Å². The summed E-state index contributed by atoms with van der Waals surface area (Å²) in [7, 11) is 0. The van der Waals surface area contributed by atoms with E-state index >= 15 is 0 Å². The number of hydrogen-bond acceptors (Lipinski definition) is 4. The number of aryl methyl sites for hydroxylation is 1. The lowest BCUT2D eigenvalue weighted by Gasteiger charge is -2.39. The molecule has 0 saturated carbocycles. The molecule has 94 valence electrons. The maximum absolute atomic E-state index is 5.76. The molecule has 5 nitrogen and oxygen atoms in total. The first-order chi connectivity index (χ1) is 8.72. The maximum atomic E-state index is 5.76. The van der Waals surface area contributed by atoms with Crippen LogP contribution in [0.15, 0.2) is 24.8 Å². The fraction of sp³-hybridized carbons (Fsp3) is 0.417. The molecule has 1 fully saturated rings. The van der Waals surface area contributed by atoms with Crippen molar-refractivity contribution in [3.05, 3.63) is 35.6 Å². The van der Waals surface area contributed by atoms with Crippen LogP contribution in [0.1, 0.15) is 5.82 Å². The highest BCUT2D eigenvalue weighted by Crippen LogP contribution is 2.23. The summed E-state index contributed by atoms with van der Waals surface area (Å²) in [5.74, 6) is 2.46. The minimum atomic E-state index is 0.574. The molecule has 0 aromatic carbocycles. The van der Waals surface area contributed by atoms with Gasteiger partial charge in [0.05, 0.1) is 17.4 Å². The van der Waals surface area contributed by atoms with Crippen molar-refractivity contribution in [2.75, 3.05) is 18.0 Å². The third kappa shape index (κ3) is 2.18. The summed E-state index contributed by atoms with van der Waals surface area (Å²) in [6.07, 6.45) is 7.14. The van der Waals surface area contributed by atoms with Crippen molar-refractivity contribution in [2.45, 2.75) is 13.5 Å². The molecule has 0 atom stereocenters. The van der Waals surface area contributed by atoms with Crippen molar-refractivity contribution in [2.24, 2.45) is 5.92 Å². The molecule has 0 aliphatic carbocycles. The Bertz CT molecular complexity index is 530. The second-order valence-electron chi connectivity index (χ2n) is 4.60. The van der Waals surface area contributed by atoms with E-state index in [1.165, 1.54) is 0 Å². The smallest absolute Gasteiger partial charge is 0.225 e. The third-order valence-electron chi connectivity index (χ3n) is 3.23. The van der Waals surface area contributed by atoms with E-state index in [4.69, 9.17) is 11.6 Å². The van der Waals surface area contributed by atoms with Gasteiger partial charge in [0.15, 0.2) is 0 Å². The van der Waals surface area contributed by atoms with Gasteiger partial charge in [0.2, 0.25) is 5.95 Å². The molecule has 1 aliphatic rings. The maximum Gasteiger partial charge on any atom is 0.225 e. The molecular formula is C12H14ClN5. The van der Waals surface area contributed by atoms with Gasteiger partial charge >= 0.3 is 0 Å². The molecule has 2 aromatic rings.